The largest absolute Gasteiger partial charge is 0.327 e. The third-order valence-electron chi connectivity index (χ3n) is 3.16. The molecule has 0 aromatic rings. The van der Waals surface area contributed by atoms with Gasteiger partial charge in [0.05, 0.1) is 0 Å². The normalized spacial score (nSPS) is 25.9. The Bertz CT molecular complexity index is 156. The summed E-state index contributed by atoms with van der Waals surface area (Å²) in [6, 6.07) is 0.442. The van der Waals surface area contributed by atoms with Gasteiger partial charge in [-0.25, -0.2) is 0 Å². The van der Waals surface area contributed by atoms with Crippen LogP contribution in [0.2, 0.25) is 0 Å². The van der Waals surface area contributed by atoms with Crippen molar-refractivity contribution in [2.45, 2.75) is 46.1 Å². The van der Waals surface area contributed by atoms with Gasteiger partial charge in [0, 0.05) is 19.1 Å². The molecular weight excluding hydrogens is 172 g/mol. The van der Waals surface area contributed by atoms with Crippen molar-refractivity contribution in [3.63, 3.8) is 0 Å². The maximum atomic E-state index is 6.16. The molecule has 1 aliphatic heterocycles. The van der Waals surface area contributed by atoms with Crippen LogP contribution in [-0.4, -0.2) is 30.6 Å². The van der Waals surface area contributed by atoms with Crippen LogP contribution < -0.4 is 5.73 Å². The molecule has 2 unspecified atom stereocenters. The first-order valence-electron chi connectivity index (χ1n) is 6.11. The lowest BCUT2D eigenvalue weighted by molar-refractivity contribution is 0.277. The van der Waals surface area contributed by atoms with Gasteiger partial charge in [0.25, 0.3) is 0 Å². The Morgan fingerprint density at radius 3 is 2.71 bits per heavy atom. The van der Waals surface area contributed by atoms with Crippen molar-refractivity contribution in [2.75, 3.05) is 19.6 Å². The summed E-state index contributed by atoms with van der Waals surface area (Å²) in [5.41, 5.74) is 6.16. The van der Waals surface area contributed by atoms with E-state index in [4.69, 9.17) is 5.73 Å². The molecule has 2 heteroatoms. The van der Waals surface area contributed by atoms with Gasteiger partial charge in [-0.05, 0) is 31.2 Å². The van der Waals surface area contributed by atoms with E-state index < -0.39 is 0 Å². The maximum Gasteiger partial charge on any atom is 0.00797 e. The summed E-state index contributed by atoms with van der Waals surface area (Å²) in [5.74, 6) is 1.55. The minimum absolute atomic E-state index is 0.442. The van der Waals surface area contributed by atoms with Crippen molar-refractivity contribution in [3.05, 3.63) is 0 Å². The van der Waals surface area contributed by atoms with E-state index in [-0.39, 0.29) is 0 Å². The molecule has 2 N–H and O–H groups in total. The lowest BCUT2D eigenvalue weighted by atomic mass is 9.96. The minimum atomic E-state index is 0.442. The highest BCUT2D eigenvalue weighted by molar-refractivity contribution is 4.83. The number of rotatable bonds is 5. The zero-order chi connectivity index (χ0) is 10.6. The summed E-state index contributed by atoms with van der Waals surface area (Å²) in [5, 5.41) is 0. The van der Waals surface area contributed by atoms with Crippen LogP contribution >= 0.6 is 0 Å². The molecule has 0 bridgehead atoms. The van der Waals surface area contributed by atoms with Crippen LogP contribution in [-0.2, 0) is 0 Å². The minimum Gasteiger partial charge on any atom is -0.327 e. The molecule has 1 heterocycles. The first kappa shape index (κ1) is 12.0. The van der Waals surface area contributed by atoms with E-state index in [1.54, 1.807) is 0 Å². The zero-order valence-corrected chi connectivity index (χ0v) is 10.00. The van der Waals surface area contributed by atoms with Crippen LogP contribution in [0, 0.1) is 11.8 Å². The topological polar surface area (TPSA) is 29.3 Å². The second-order valence-electron chi connectivity index (χ2n) is 5.15. The predicted octanol–water partition coefficient (Wildman–Crippen LogP) is 2.09. The van der Waals surface area contributed by atoms with Gasteiger partial charge in [-0.3, -0.25) is 0 Å². The molecule has 0 aromatic carbocycles. The number of likely N-dealkylation sites (tertiary alicyclic amines) is 1. The highest BCUT2D eigenvalue weighted by Gasteiger charge is 2.26. The summed E-state index contributed by atoms with van der Waals surface area (Å²) < 4.78 is 0. The number of hydrogen-bond donors (Lipinski definition) is 1. The van der Waals surface area contributed by atoms with Crippen molar-refractivity contribution < 1.29 is 0 Å². The van der Waals surface area contributed by atoms with Gasteiger partial charge in [-0.1, -0.05) is 27.2 Å². The second kappa shape index (κ2) is 5.72. The van der Waals surface area contributed by atoms with Crippen LogP contribution in [0.4, 0.5) is 0 Å². The van der Waals surface area contributed by atoms with E-state index in [9.17, 15) is 0 Å². The average Bonchev–Trinajstić information content (AvgIpc) is 2.52. The van der Waals surface area contributed by atoms with Crippen molar-refractivity contribution in [1.82, 2.24) is 4.90 Å². The number of nitrogens with two attached hydrogens (primary N) is 1. The Morgan fingerprint density at radius 2 is 2.14 bits per heavy atom. The van der Waals surface area contributed by atoms with E-state index in [1.807, 2.05) is 0 Å². The fourth-order valence-electron chi connectivity index (χ4n) is 2.46. The SMILES string of the molecule is CCCC(N)C1CCN(CC(C)C)C1. The Labute approximate surface area is 88.8 Å². The van der Waals surface area contributed by atoms with Crippen LogP contribution in [0.1, 0.15) is 40.0 Å². The number of hydrogen-bond acceptors (Lipinski definition) is 2. The molecule has 2 atom stereocenters. The third-order valence-corrected chi connectivity index (χ3v) is 3.16. The quantitative estimate of drug-likeness (QED) is 0.733. The lowest BCUT2D eigenvalue weighted by Crippen LogP contribution is -2.33. The lowest BCUT2D eigenvalue weighted by Gasteiger charge is -2.21. The molecule has 84 valence electrons. The Morgan fingerprint density at radius 1 is 1.43 bits per heavy atom. The summed E-state index contributed by atoms with van der Waals surface area (Å²) in [6.45, 7) is 10.5. The van der Waals surface area contributed by atoms with Crippen LogP contribution in [0.5, 0.6) is 0 Å². The van der Waals surface area contributed by atoms with Gasteiger partial charge in [0.2, 0.25) is 0 Å². The molecule has 1 aliphatic rings. The Kier molecular flexibility index (Phi) is 4.90. The fourth-order valence-corrected chi connectivity index (χ4v) is 2.46. The first-order valence-corrected chi connectivity index (χ1v) is 6.11. The van der Waals surface area contributed by atoms with Gasteiger partial charge in [0.1, 0.15) is 0 Å². The summed E-state index contributed by atoms with van der Waals surface area (Å²) in [7, 11) is 0. The van der Waals surface area contributed by atoms with Crippen LogP contribution in [0.3, 0.4) is 0 Å². The Balaban J connectivity index is 2.26. The second-order valence-corrected chi connectivity index (χ2v) is 5.15. The van der Waals surface area contributed by atoms with E-state index >= 15 is 0 Å². The summed E-state index contributed by atoms with van der Waals surface area (Å²) >= 11 is 0. The smallest absolute Gasteiger partial charge is 0.00797 e. The van der Waals surface area contributed by atoms with Crippen molar-refractivity contribution in [1.29, 1.82) is 0 Å². The van der Waals surface area contributed by atoms with Crippen LogP contribution in [0.25, 0.3) is 0 Å². The molecule has 0 aromatic heterocycles. The monoisotopic (exact) mass is 198 g/mol. The molecule has 1 rings (SSSR count). The molecule has 14 heavy (non-hydrogen) atoms. The zero-order valence-electron chi connectivity index (χ0n) is 10.00. The molecule has 0 saturated carbocycles. The highest BCUT2D eigenvalue weighted by Crippen LogP contribution is 2.21. The first-order chi connectivity index (χ1) is 6.63. The van der Waals surface area contributed by atoms with Gasteiger partial charge in [-0.2, -0.15) is 0 Å². The highest BCUT2D eigenvalue weighted by atomic mass is 15.1. The third kappa shape index (κ3) is 3.58. The van der Waals surface area contributed by atoms with E-state index in [0.717, 1.165) is 11.8 Å². The Hall–Kier alpha value is -0.0800. The van der Waals surface area contributed by atoms with E-state index in [1.165, 1.54) is 38.9 Å². The van der Waals surface area contributed by atoms with Crippen LogP contribution in [0.15, 0.2) is 0 Å². The fraction of sp³-hybridized carbons (Fsp3) is 1.00. The van der Waals surface area contributed by atoms with E-state index in [2.05, 4.69) is 25.7 Å². The van der Waals surface area contributed by atoms with Gasteiger partial charge in [0.15, 0.2) is 0 Å². The molecule has 1 saturated heterocycles. The molecule has 0 aliphatic carbocycles. The molecule has 0 spiro atoms. The molecule has 1 fully saturated rings. The van der Waals surface area contributed by atoms with Gasteiger partial charge >= 0.3 is 0 Å². The maximum absolute atomic E-state index is 6.16. The van der Waals surface area contributed by atoms with E-state index in [0.29, 0.717) is 6.04 Å². The molecule has 0 amide bonds. The van der Waals surface area contributed by atoms with Gasteiger partial charge in [-0.15, -0.1) is 0 Å². The number of nitrogens with zero attached hydrogens (tertiary/aromatic N) is 1. The predicted molar refractivity (Wildman–Crippen MR) is 62.3 cm³/mol. The van der Waals surface area contributed by atoms with Gasteiger partial charge < -0.3 is 10.6 Å². The average molecular weight is 198 g/mol. The van der Waals surface area contributed by atoms with Crippen molar-refractivity contribution in [3.8, 4) is 0 Å². The summed E-state index contributed by atoms with van der Waals surface area (Å²) in [6.07, 6.45) is 3.73. The molecule has 2 nitrogen and oxygen atoms in total. The summed E-state index contributed by atoms with van der Waals surface area (Å²) in [4.78, 5) is 2.57. The molecule has 0 radical (unpaired) electrons. The van der Waals surface area contributed by atoms with Crippen molar-refractivity contribution >= 4 is 0 Å². The standard InChI is InChI=1S/C12H26N2/c1-4-5-12(13)11-6-7-14(9-11)8-10(2)3/h10-12H,4-9,13H2,1-3H3. The van der Waals surface area contributed by atoms with Crippen molar-refractivity contribution in [2.24, 2.45) is 17.6 Å². The molecular formula is C12H26N2.